The molecule has 1 amide bonds. The fraction of sp³-hybridized carbons (Fsp3) is 0.276. The molecule has 2 aromatic heterocycles. The number of ether oxygens (including phenoxy) is 1. The monoisotopic (exact) mass is 546 g/mol. The SMILES string of the molecule is COc1ccc(/C=N/NC(=O)c2sc3ccccc3c2Cl)cc1CN1C[C@H]2C[C@@H](C1)c1cccc(=O)n1C2. The molecule has 0 unspecified atom stereocenters. The van der Waals surface area contributed by atoms with Crippen LogP contribution in [0.1, 0.15) is 38.8 Å². The Morgan fingerprint density at radius 3 is 2.87 bits per heavy atom. The summed E-state index contributed by atoms with van der Waals surface area (Å²) in [7, 11) is 1.68. The number of amides is 1. The van der Waals surface area contributed by atoms with E-state index in [-0.39, 0.29) is 11.5 Å². The van der Waals surface area contributed by atoms with Gasteiger partial charge in [0.1, 0.15) is 10.6 Å². The van der Waals surface area contributed by atoms with Gasteiger partial charge >= 0.3 is 0 Å². The van der Waals surface area contributed by atoms with Gasteiger partial charge in [-0.25, -0.2) is 5.43 Å². The zero-order valence-electron chi connectivity index (χ0n) is 20.9. The second kappa shape index (κ2) is 10.4. The topological polar surface area (TPSA) is 75.9 Å². The maximum atomic E-state index is 12.7. The first-order valence-corrected chi connectivity index (χ1v) is 13.8. The lowest BCUT2D eigenvalue weighted by atomic mass is 9.83. The van der Waals surface area contributed by atoms with Crippen LogP contribution in [0, 0.1) is 5.92 Å². The van der Waals surface area contributed by atoms with E-state index in [1.807, 2.05) is 53.1 Å². The number of hydrazone groups is 1. The van der Waals surface area contributed by atoms with Gasteiger partial charge in [0, 0.05) is 59.5 Å². The highest BCUT2D eigenvalue weighted by atomic mass is 35.5. The molecule has 0 saturated carbocycles. The zero-order chi connectivity index (χ0) is 26.2. The van der Waals surface area contributed by atoms with E-state index < -0.39 is 0 Å². The predicted octanol–water partition coefficient (Wildman–Crippen LogP) is 5.11. The van der Waals surface area contributed by atoms with Crippen molar-refractivity contribution in [3.63, 3.8) is 0 Å². The van der Waals surface area contributed by atoms with Gasteiger partial charge in [0.25, 0.3) is 11.5 Å². The molecule has 2 atom stereocenters. The van der Waals surface area contributed by atoms with Crippen LogP contribution in [0.3, 0.4) is 0 Å². The molecule has 6 rings (SSSR count). The lowest BCUT2D eigenvalue weighted by molar-refractivity contribution is 0.0959. The predicted molar refractivity (Wildman–Crippen MR) is 152 cm³/mol. The van der Waals surface area contributed by atoms with Crippen molar-refractivity contribution in [1.29, 1.82) is 0 Å². The summed E-state index contributed by atoms with van der Waals surface area (Å²) in [6.45, 7) is 3.34. The van der Waals surface area contributed by atoms with Crippen molar-refractivity contribution in [3.8, 4) is 5.75 Å². The highest BCUT2D eigenvalue weighted by Gasteiger charge is 2.34. The van der Waals surface area contributed by atoms with Crippen LogP contribution in [0.5, 0.6) is 5.75 Å². The molecule has 9 heteroatoms. The van der Waals surface area contributed by atoms with Crippen molar-refractivity contribution in [2.45, 2.75) is 25.4 Å². The van der Waals surface area contributed by atoms with Crippen LogP contribution in [-0.2, 0) is 13.1 Å². The van der Waals surface area contributed by atoms with Crippen LogP contribution in [0.25, 0.3) is 10.1 Å². The number of rotatable bonds is 6. The smallest absolute Gasteiger partial charge is 0.283 e. The summed E-state index contributed by atoms with van der Waals surface area (Å²) in [5.41, 5.74) is 5.76. The van der Waals surface area contributed by atoms with Gasteiger partial charge in [-0.2, -0.15) is 5.10 Å². The Balaban J connectivity index is 1.16. The maximum absolute atomic E-state index is 12.7. The van der Waals surface area contributed by atoms with Crippen LogP contribution in [0.4, 0.5) is 0 Å². The molecule has 4 heterocycles. The van der Waals surface area contributed by atoms with E-state index in [0.717, 1.165) is 65.3 Å². The third-order valence-electron chi connectivity index (χ3n) is 7.37. The van der Waals surface area contributed by atoms with Crippen LogP contribution in [0.15, 0.2) is 70.6 Å². The molecule has 194 valence electrons. The Hall–Kier alpha value is -3.46. The standard InChI is InChI=1S/C29H27ClN4O3S/c1-37-24-10-9-18(13-31-32-29(36)28-27(30)22-5-2-3-7-25(22)38-28)11-21(24)17-33-14-19-12-20(16-33)23-6-4-8-26(35)34(23)15-19/h2-11,13,19-20H,12,14-17H2,1H3,(H,32,36)/b31-13+/t19-,20+/m1/s1. The molecular weight excluding hydrogens is 520 g/mol. The van der Waals surface area contributed by atoms with Gasteiger partial charge in [0.05, 0.1) is 18.3 Å². The van der Waals surface area contributed by atoms with Gasteiger partial charge in [-0.1, -0.05) is 35.9 Å². The van der Waals surface area contributed by atoms with Gasteiger partial charge in [-0.15, -0.1) is 11.3 Å². The number of methoxy groups -OCH3 is 1. The Bertz CT molecular complexity index is 1610. The summed E-state index contributed by atoms with van der Waals surface area (Å²) >= 11 is 7.78. The van der Waals surface area contributed by atoms with Crippen molar-refractivity contribution in [2.24, 2.45) is 11.0 Å². The van der Waals surface area contributed by atoms with E-state index >= 15 is 0 Å². The fourth-order valence-electron chi connectivity index (χ4n) is 5.74. The number of thiophene rings is 1. The van der Waals surface area contributed by atoms with Gasteiger partial charge in [0.2, 0.25) is 0 Å². The van der Waals surface area contributed by atoms with Crippen molar-refractivity contribution in [2.75, 3.05) is 20.2 Å². The van der Waals surface area contributed by atoms with Crippen LogP contribution >= 0.6 is 22.9 Å². The van der Waals surface area contributed by atoms with Crippen molar-refractivity contribution in [1.82, 2.24) is 14.9 Å². The van der Waals surface area contributed by atoms with Gasteiger partial charge < -0.3 is 9.30 Å². The van der Waals surface area contributed by atoms with Gasteiger partial charge in [0.15, 0.2) is 0 Å². The minimum Gasteiger partial charge on any atom is -0.496 e. The molecule has 2 aliphatic heterocycles. The van der Waals surface area contributed by atoms with Crippen molar-refractivity contribution < 1.29 is 9.53 Å². The Kier molecular flexibility index (Phi) is 6.78. The third kappa shape index (κ3) is 4.75. The van der Waals surface area contributed by atoms with Gasteiger partial charge in [-0.05, 0) is 48.2 Å². The number of fused-ring (bicyclic) bond motifs is 5. The molecule has 0 aliphatic carbocycles. The number of nitrogens with one attached hydrogen (secondary N) is 1. The molecule has 1 N–H and O–H groups in total. The number of pyridine rings is 1. The zero-order valence-corrected chi connectivity index (χ0v) is 22.5. The lowest BCUT2D eigenvalue weighted by Crippen LogP contribution is -2.46. The average Bonchev–Trinajstić information content (AvgIpc) is 3.26. The number of halogens is 1. The normalized spacial score (nSPS) is 19.0. The number of nitrogens with zero attached hydrogens (tertiary/aromatic N) is 3. The van der Waals surface area contributed by atoms with E-state index in [4.69, 9.17) is 16.3 Å². The second-order valence-electron chi connectivity index (χ2n) is 9.90. The molecule has 7 nitrogen and oxygen atoms in total. The molecule has 4 aromatic rings. The Labute approximate surface area is 229 Å². The second-order valence-corrected chi connectivity index (χ2v) is 11.3. The summed E-state index contributed by atoms with van der Waals surface area (Å²) in [4.78, 5) is 27.9. The van der Waals surface area contributed by atoms with Crippen LogP contribution < -0.4 is 15.7 Å². The average molecular weight is 547 g/mol. The maximum Gasteiger partial charge on any atom is 0.283 e. The lowest BCUT2D eigenvalue weighted by Gasteiger charge is -2.42. The summed E-state index contributed by atoms with van der Waals surface area (Å²) in [5, 5.41) is 5.50. The molecule has 1 saturated heterocycles. The number of carbonyl (C=O) groups is 1. The summed E-state index contributed by atoms with van der Waals surface area (Å²) in [6, 6.07) is 19.2. The molecule has 0 spiro atoms. The first kappa shape index (κ1) is 24.9. The molecule has 0 radical (unpaired) electrons. The summed E-state index contributed by atoms with van der Waals surface area (Å²) in [5.74, 6) is 1.28. The number of hydrogen-bond donors (Lipinski definition) is 1. The molecular formula is C29H27ClN4O3S. The summed E-state index contributed by atoms with van der Waals surface area (Å²) in [6.07, 6.45) is 2.75. The number of benzene rings is 2. The molecule has 2 bridgehead atoms. The highest BCUT2D eigenvalue weighted by molar-refractivity contribution is 7.21. The molecule has 2 aromatic carbocycles. The first-order chi connectivity index (χ1) is 18.5. The largest absolute Gasteiger partial charge is 0.496 e. The number of carbonyl (C=O) groups excluding carboxylic acids is 1. The number of aromatic nitrogens is 1. The number of hydrogen-bond acceptors (Lipinski definition) is 6. The van der Waals surface area contributed by atoms with E-state index in [2.05, 4.69) is 21.5 Å². The Morgan fingerprint density at radius 2 is 2.03 bits per heavy atom. The summed E-state index contributed by atoms with van der Waals surface area (Å²) < 4.78 is 8.57. The first-order valence-electron chi connectivity index (χ1n) is 12.6. The van der Waals surface area contributed by atoms with E-state index in [0.29, 0.717) is 21.7 Å². The number of piperidine rings is 1. The van der Waals surface area contributed by atoms with E-state index in [9.17, 15) is 9.59 Å². The van der Waals surface area contributed by atoms with Crippen LogP contribution in [-0.4, -0.2) is 41.8 Å². The number of likely N-dealkylation sites (tertiary alicyclic amines) is 1. The van der Waals surface area contributed by atoms with Crippen LogP contribution in [0.2, 0.25) is 5.02 Å². The van der Waals surface area contributed by atoms with E-state index in [1.165, 1.54) is 11.3 Å². The minimum atomic E-state index is -0.333. The van der Waals surface area contributed by atoms with Crippen molar-refractivity contribution >= 4 is 45.1 Å². The quantitative estimate of drug-likeness (QED) is 0.269. The minimum absolute atomic E-state index is 0.0982. The van der Waals surface area contributed by atoms with E-state index in [1.54, 1.807) is 19.4 Å². The highest BCUT2D eigenvalue weighted by Crippen LogP contribution is 2.37. The molecule has 2 aliphatic rings. The Morgan fingerprint density at radius 1 is 1.16 bits per heavy atom. The fourth-order valence-corrected chi connectivity index (χ4v) is 7.15. The third-order valence-corrected chi connectivity index (χ3v) is 9.05. The molecule has 38 heavy (non-hydrogen) atoms. The van der Waals surface area contributed by atoms with Gasteiger partial charge in [-0.3, -0.25) is 14.5 Å². The van der Waals surface area contributed by atoms with Crippen molar-refractivity contribution in [3.05, 3.63) is 97.7 Å². The molecule has 1 fully saturated rings.